The molecule has 88 valence electrons. The van der Waals surface area contributed by atoms with Crippen molar-refractivity contribution >= 4 is 16.6 Å². The van der Waals surface area contributed by atoms with Gasteiger partial charge in [0.15, 0.2) is 0 Å². The number of hydrogen-bond acceptors (Lipinski definition) is 3. The molecule has 1 heterocycles. The van der Waals surface area contributed by atoms with Crippen molar-refractivity contribution in [1.29, 1.82) is 0 Å². The van der Waals surface area contributed by atoms with Gasteiger partial charge in [-0.25, -0.2) is 0 Å². The molecule has 3 heteroatoms. The molecule has 1 aliphatic carbocycles. The molecule has 3 nitrogen and oxygen atoms in total. The van der Waals surface area contributed by atoms with Crippen molar-refractivity contribution in [3.8, 4) is 0 Å². The summed E-state index contributed by atoms with van der Waals surface area (Å²) in [6, 6.07) is 5.82. The largest absolute Gasteiger partial charge is 0.471 e. The van der Waals surface area contributed by atoms with Crippen LogP contribution in [0.5, 0.6) is 0 Å². The van der Waals surface area contributed by atoms with E-state index in [0.29, 0.717) is 25.7 Å². The minimum absolute atomic E-state index is 0.249. The predicted octanol–water partition coefficient (Wildman–Crippen LogP) is 2.76. The molecule has 0 saturated heterocycles. The second kappa shape index (κ2) is 3.70. The highest BCUT2D eigenvalue weighted by molar-refractivity contribution is 5.82. The van der Waals surface area contributed by atoms with Crippen LogP contribution in [-0.4, -0.2) is 10.9 Å². The van der Waals surface area contributed by atoms with E-state index in [2.05, 4.69) is 0 Å². The number of furan rings is 1. The van der Waals surface area contributed by atoms with Crippen LogP contribution in [0.3, 0.4) is 0 Å². The van der Waals surface area contributed by atoms with Gasteiger partial charge < -0.3 is 9.52 Å². The van der Waals surface area contributed by atoms with Crippen LogP contribution in [0.1, 0.15) is 31.2 Å². The predicted molar refractivity (Wildman–Crippen MR) is 63.6 cm³/mol. The van der Waals surface area contributed by atoms with E-state index < -0.39 is 5.60 Å². The summed E-state index contributed by atoms with van der Waals surface area (Å²) in [6.07, 6.45) is 5.36. The molecule has 3 rings (SSSR count). The van der Waals surface area contributed by atoms with Gasteiger partial charge in [-0.2, -0.15) is 0 Å². The molecule has 0 bridgehead atoms. The smallest absolute Gasteiger partial charge is 0.133 e. The van der Waals surface area contributed by atoms with Gasteiger partial charge in [-0.3, -0.25) is 4.79 Å². The van der Waals surface area contributed by atoms with Crippen LogP contribution < -0.4 is 0 Å². The zero-order chi connectivity index (χ0) is 11.9. The van der Waals surface area contributed by atoms with Crippen LogP contribution in [-0.2, 0) is 10.4 Å². The number of benzene rings is 1. The summed E-state index contributed by atoms with van der Waals surface area (Å²) in [5, 5.41) is 12.6. The molecule has 1 saturated carbocycles. The van der Waals surface area contributed by atoms with Gasteiger partial charge in [-0.1, -0.05) is 12.1 Å². The van der Waals surface area contributed by atoms with E-state index in [1.807, 2.05) is 18.2 Å². The minimum Gasteiger partial charge on any atom is -0.471 e. The van der Waals surface area contributed by atoms with Crippen molar-refractivity contribution in [2.24, 2.45) is 0 Å². The van der Waals surface area contributed by atoms with Crippen molar-refractivity contribution in [3.63, 3.8) is 0 Å². The van der Waals surface area contributed by atoms with Crippen molar-refractivity contribution < 1.29 is 14.3 Å². The van der Waals surface area contributed by atoms with E-state index in [4.69, 9.17) is 4.42 Å². The molecule has 17 heavy (non-hydrogen) atoms. The normalized spacial score (nSPS) is 19.7. The summed E-state index contributed by atoms with van der Waals surface area (Å²) in [4.78, 5) is 11.2. The number of rotatable bonds is 1. The van der Waals surface area contributed by atoms with Gasteiger partial charge in [0.25, 0.3) is 0 Å². The van der Waals surface area contributed by atoms with E-state index in [1.165, 1.54) is 0 Å². The molecule has 1 aliphatic rings. The van der Waals surface area contributed by atoms with Crippen molar-refractivity contribution in [2.75, 3.05) is 0 Å². The van der Waals surface area contributed by atoms with Gasteiger partial charge in [0.2, 0.25) is 0 Å². The standard InChI is InChI=1S/C14H14O3/c15-13-3-5-14(16,6-4-13)12-2-1-10-8-17-9-11(10)7-12/h1-2,7-9,16H,3-6H2. The van der Waals surface area contributed by atoms with Crippen molar-refractivity contribution in [2.45, 2.75) is 31.3 Å². The summed E-state index contributed by atoms with van der Waals surface area (Å²) < 4.78 is 5.12. The Hall–Kier alpha value is -1.61. The maximum atomic E-state index is 11.2. The molecular weight excluding hydrogens is 216 g/mol. The third-order valence-corrected chi connectivity index (χ3v) is 3.65. The number of ketones is 1. The molecular formula is C14H14O3. The Balaban J connectivity index is 1.99. The van der Waals surface area contributed by atoms with Gasteiger partial charge in [0, 0.05) is 23.6 Å². The minimum atomic E-state index is -0.848. The fraction of sp³-hybridized carbons (Fsp3) is 0.357. The number of fused-ring (bicyclic) bond motifs is 1. The lowest BCUT2D eigenvalue weighted by Gasteiger charge is -2.31. The van der Waals surface area contributed by atoms with Gasteiger partial charge in [-0.05, 0) is 24.5 Å². The topological polar surface area (TPSA) is 50.4 Å². The second-order valence-corrected chi connectivity index (χ2v) is 4.79. The molecule has 0 unspecified atom stereocenters. The first-order valence-corrected chi connectivity index (χ1v) is 5.88. The van der Waals surface area contributed by atoms with Crippen LogP contribution >= 0.6 is 0 Å². The molecule has 0 amide bonds. The number of aliphatic hydroxyl groups is 1. The van der Waals surface area contributed by atoms with Crippen molar-refractivity contribution in [1.82, 2.24) is 0 Å². The Kier molecular flexibility index (Phi) is 2.30. The first-order valence-electron chi connectivity index (χ1n) is 5.88. The highest BCUT2D eigenvalue weighted by atomic mass is 16.3. The summed E-state index contributed by atoms with van der Waals surface area (Å²) >= 11 is 0. The monoisotopic (exact) mass is 230 g/mol. The second-order valence-electron chi connectivity index (χ2n) is 4.79. The molecule has 2 aromatic rings. The summed E-state index contributed by atoms with van der Waals surface area (Å²) in [6.45, 7) is 0. The van der Waals surface area contributed by atoms with Crippen LogP contribution in [0.15, 0.2) is 35.1 Å². The third-order valence-electron chi connectivity index (χ3n) is 3.65. The molecule has 1 N–H and O–H groups in total. The number of carbonyl (C=O) groups is 1. The Morgan fingerprint density at radius 2 is 1.82 bits per heavy atom. The Morgan fingerprint density at radius 3 is 2.59 bits per heavy atom. The quantitative estimate of drug-likeness (QED) is 0.819. The molecule has 1 aromatic carbocycles. The van der Waals surface area contributed by atoms with Crippen LogP contribution in [0, 0.1) is 0 Å². The lowest BCUT2D eigenvalue weighted by atomic mass is 9.79. The summed E-state index contributed by atoms with van der Waals surface area (Å²) in [5.74, 6) is 0.249. The van der Waals surface area contributed by atoms with Gasteiger partial charge >= 0.3 is 0 Å². The molecule has 0 aliphatic heterocycles. The lowest BCUT2D eigenvalue weighted by molar-refractivity contribution is -0.125. The summed E-state index contributed by atoms with van der Waals surface area (Å²) in [5.41, 5.74) is 0.0400. The van der Waals surface area contributed by atoms with Crippen LogP contribution in [0.4, 0.5) is 0 Å². The van der Waals surface area contributed by atoms with E-state index in [-0.39, 0.29) is 5.78 Å². The van der Waals surface area contributed by atoms with Gasteiger partial charge in [-0.15, -0.1) is 0 Å². The highest BCUT2D eigenvalue weighted by Crippen LogP contribution is 2.36. The molecule has 1 fully saturated rings. The lowest BCUT2D eigenvalue weighted by Crippen LogP contribution is -2.31. The van der Waals surface area contributed by atoms with Crippen LogP contribution in [0.2, 0.25) is 0 Å². The Labute approximate surface area is 99.0 Å². The first-order chi connectivity index (χ1) is 8.17. The van der Waals surface area contributed by atoms with Gasteiger partial charge in [0.05, 0.1) is 18.1 Å². The average molecular weight is 230 g/mol. The van der Waals surface area contributed by atoms with E-state index >= 15 is 0 Å². The first kappa shape index (κ1) is 10.5. The van der Waals surface area contributed by atoms with Crippen LogP contribution in [0.25, 0.3) is 10.8 Å². The number of Topliss-reactive ketones (excluding diaryl/α,β-unsaturated/α-hetero) is 1. The number of carbonyl (C=O) groups excluding carboxylic acids is 1. The average Bonchev–Trinajstić information content (AvgIpc) is 2.80. The maximum absolute atomic E-state index is 11.2. The summed E-state index contributed by atoms with van der Waals surface area (Å²) in [7, 11) is 0. The van der Waals surface area contributed by atoms with Gasteiger partial charge in [0.1, 0.15) is 5.78 Å². The zero-order valence-corrected chi connectivity index (χ0v) is 9.48. The Morgan fingerprint density at radius 1 is 1.12 bits per heavy atom. The molecule has 0 radical (unpaired) electrons. The van der Waals surface area contributed by atoms with Crippen molar-refractivity contribution in [3.05, 3.63) is 36.3 Å². The molecule has 1 aromatic heterocycles. The van der Waals surface area contributed by atoms with E-state index in [9.17, 15) is 9.90 Å². The highest BCUT2D eigenvalue weighted by Gasteiger charge is 2.34. The SMILES string of the molecule is O=C1CCC(O)(c2ccc3cocc3c2)CC1. The maximum Gasteiger partial charge on any atom is 0.133 e. The fourth-order valence-electron chi connectivity index (χ4n) is 2.49. The molecule has 0 atom stereocenters. The third kappa shape index (κ3) is 1.76. The van der Waals surface area contributed by atoms with E-state index in [0.717, 1.165) is 16.3 Å². The fourth-order valence-corrected chi connectivity index (χ4v) is 2.49. The molecule has 0 spiro atoms. The van der Waals surface area contributed by atoms with E-state index in [1.54, 1.807) is 12.5 Å². The number of hydrogen-bond donors (Lipinski definition) is 1. The Bertz CT molecular complexity index is 558. The zero-order valence-electron chi connectivity index (χ0n) is 9.48.